The van der Waals surface area contributed by atoms with E-state index in [-0.39, 0.29) is 35.4 Å². The number of hydrogen-bond acceptors (Lipinski definition) is 12. The molecule has 14 nitrogen and oxygen atoms in total. The number of nitrogens with one attached hydrogen (secondary N) is 1. The van der Waals surface area contributed by atoms with Crippen molar-refractivity contribution in [3.05, 3.63) is 38.4 Å². The molecule has 1 saturated heterocycles. The summed E-state index contributed by atoms with van der Waals surface area (Å²) in [6.45, 7) is 2.04. The Labute approximate surface area is 221 Å². The van der Waals surface area contributed by atoms with E-state index in [2.05, 4.69) is 15.5 Å². The Morgan fingerprint density at radius 1 is 1.38 bits per heavy atom. The molecule has 0 aliphatic carbocycles. The Morgan fingerprint density at radius 2 is 2.14 bits per heavy atom. The minimum Gasteiger partial charge on any atom is -0.477 e. The molecule has 6 N–H and O–H groups in total. The SMILES string of the molecule is CO/N=C(\C(=O)N[C@@H]1C(=O)N2C(C(=O)O)=C(C[n+]3csc(COC(N)=O)c3C)CS[C@H]12)c1csc(N)n1. The number of primary amides is 1. The van der Waals surface area contributed by atoms with Gasteiger partial charge >= 0.3 is 12.1 Å². The Hall–Kier alpha value is -3.70. The molecule has 17 heteroatoms. The van der Waals surface area contributed by atoms with Gasteiger partial charge in [-0.15, -0.1) is 23.1 Å². The molecule has 0 spiro atoms. The third-order valence-corrected chi connectivity index (χ3v) is 8.63. The van der Waals surface area contributed by atoms with Crippen molar-refractivity contribution in [1.82, 2.24) is 15.2 Å². The lowest BCUT2D eigenvalue weighted by Gasteiger charge is -2.49. The lowest BCUT2D eigenvalue weighted by molar-refractivity contribution is -0.690. The van der Waals surface area contributed by atoms with Crippen molar-refractivity contribution in [1.29, 1.82) is 0 Å². The molecule has 1 fully saturated rings. The second-order valence-corrected chi connectivity index (χ2v) is 10.7. The smallest absolute Gasteiger partial charge is 0.404 e. The molecule has 2 aliphatic rings. The lowest BCUT2D eigenvalue weighted by atomic mass is 10.0. The van der Waals surface area contributed by atoms with E-state index in [1.165, 1.54) is 40.5 Å². The van der Waals surface area contributed by atoms with E-state index in [0.29, 0.717) is 11.3 Å². The van der Waals surface area contributed by atoms with Crippen LogP contribution >= 0.6 is 34.4 Å². The fourth-order valence-corrected chi connectivity index (χ4v) is 6.58. The number of nitrogen functional groups attached to an aromatic ring is 1. The maximum Gasteiger partial charge on any atom is 0.404 e. The lowest BCUT2D eigenvalue weighted by Crippen LogP contribution is -2.71. The Bertz CT molecular complexity index is 1340. The van der Waals surface area contributed by atoms with Crippen molar-refractivity contribution in [2.45, 2.75) is 31.5 Å². The molecule has 196 valence electrons. The summed E-state index contributed by atoms with van der Waals surface area (Å²) in [5.74, 6) is -2.19. The van der Waals surface area contributed by atoms with Gasteiger partial charge in [-0.1, -0.05) is 16.5 Å². The molecule has 37 heavy (non-hydrogen) atoms. The van der Waals surface area contributed by atoms with Crippen LogP contribution in [0, 0.1) is 6.92 Å². The van der Waals surface area contributed by atoms with Crippen LogP contribution in [0.5, 0.6) is 0 Å². The summed E-state index contributed by atoms with van der Waals surface area (Å²) in [5.41, 5.74) is 13.7. The second kappa shape index (κ2) is 10.7. The van der Waals surface area contributed by atoms with E-state index < -0.39 is 35.3 Å². The second-order valence-electron chi connectivity index (χ2n) is 7.78. The molecule has 0 aromatic carbocycles. The third kappa shape index (κ3) is 5.23. The highest BCUT2D eigenvalue weighted by Crippen LogP contribution is 2.40. The number of carboxylic acid groups (broad SMARTS) is 1. The number of hydrogen-bond donors (Lipinski definition) is 4. The van der Waals surface area contributed by atoms with Crippen molar-refractivity contribution in [2.75, 3.05) is 18.6 Å². The van der Waals surface area contributed by atoms with Gasteiger partial charge in [0.25, 0.3) is 11.8 Å². The van der Waals surface area contributed by atoms with E-state index in [1.807, 2.05) is 11.5 Å². The minimum absolute atomic E-state index is 0.00827. The standard InChI is InChI=1S/C20H21N7O7S3/c1-8-11(4-34-20(22)32)37-7-26(8)3-9-5-35-17-13(16(29)27(17)14(9)18(30)31)24-15(28)12(25-33-2)10-6-36-19(21)23-10/h6-7,13,17H,3-5H2,1-2H3,(H5-,21,22,23,24,28,30,31,32)/p+1/b25-12-/t13-,17-/m1/s1. The summed E-state index contributed by atoms with van der Waals surface area (Å²) in [6.07, 6.45) is -0.890. The maximum atomic E-state index is 13.0. The molecular weight excluding hydrogens is 546 g/mol. The van der Waals surface area contributed by atoms with Crippen molar-refractivity contribution in [2.24, 2.45) is 10.9 Å². The highest BCUT2D eigenvalue weighted by atomic mass is 32.2. The first-order valence-electron chi connectivity index (χ1n) is 10.5. The van der Waals surface area contributed by atoms with Gasteiger partial charge in [0.2, 0.25) is 5.51 Å². The molecule has 4 heterocycles. The normalized spacial score (nSPS) is 19.2. The van der Waals surface area contributed by atoms with Gasteiger partial charge < -0.3 is 31.5 Å². The van der Waals surface area contributed by atoms with Crippen LogP contribution in [-0.4, -0.2) is 68.9 Å². The van der Waals surface area contributed by atoms with Crippen molar-refractivity contribution in [3.63, 3.8) is 0 Å². The molecular formula is C20H22N7O7S3+. The highest BCUT2D eigenvalue weighted by Gasteiger charge is 2.55. The number of ether oxygens (including phenoxy) is 1. The van der Waals surface area contributed by atoms with Gasteiger partial charge in [0.05, 0.1) is 0 Å². The predicted molar refractivity (Wildman–Crippen MR) is 133 cm³/mol. The number of oxime groups is 1. The number of thiazole rings is 2. The molecule has 0 saturated carbocycles. The van der Waals surface area contributed by atoms with Crippen LogP contribution in [-0.2, 0) is 37.1 Å². The fraction of sp³-hybridized carbons (Fsp3) is 0.350. The number of carbonyl (C=O) groups excluding carboxylic acids is 3. The summed E-state index contributed by atoms with van der Waals surface area (Å²) >= 11 is 3.79. The van der Waals surface area contributed by atoms with Gasteiger partial charge in [-0.2, -0.15) is 4.57 Å². The fourth-order valence-electron chi connectivity index (χ4n) is 3.80. The number of fused-ring (bicyclic) bond motifs is 1. The molecule has 2 aromatic rings. The number of aliphatic carboxylic acids is 1. The van der Waals surface area contributed by atoms with Crippen molar-refractivity contribution in [3.8, 4) is 0 Å². The van der Waals surface area contributed by atoms with Crippen LogP contribution in [0.4, 0.5) is 9.93 Å². The van der Waals surface area contributed by atoms with E-state index in [4.69, 9.17) is 21.0 Å². The summed E-state index contributed by atoms with van der Waals surface area (Å²) in [7, 11) is 1.27. The zero-order chi connectivity index (χ0) is 26.9. The quantitative estimate of drug-likeness (QED) is 0.135. The first kappa shape index (κ1) is 26.4. The van der Waals surface area contributed by atoms with Gasteiger partial charge in [0.15, 0.2) is 23.1 Å². The summed E-state index contributed by atoms with van der Waals surface area (Å²) in [6, 6.07) is -0.959. The average molecular weight is 569 g/mol. The Kier molecular flexibility index (Phi) is 7.65. The zero-order valence-electron chi connectivity index (χ0n) is 19.5. The van der Waals surface area contributed by atoms with Gasteiger partial charge in [-0.05, 0) is 0 Å². The van der Waals surface area contributed by atoms with Crippen LogP contribution in [0.2, 0.25) is 0 Å². The molecule has 0 unspecified atom stereocenters. The van der Waals surface area contributed by atoms with Crippen molar-refractivity contribution >= 4 is 69.2 Å². The maximum absolute atomic E-state index is 13.0. The largest absolute Gasteiger partial charge is 0.477 e. The van der Waals surface area contributed by atoms with Gasteiger partial charge in [0, 0.05) is 23.6 Å². The number of carbonyl (C=O) groups is 4. The number of nitrogens with zero attached hydrogens (tertiary/aromatic N) is 4. The van der Waals surface area contributed by atoms with Gasteiger partial charge in [-0.3, -0.25) is 14.5 Å². The molecule has 4 rings (SSSR count). The summed E-state index contributed by atoms with van der Waals surface area (Å²) < 4.78 is 6.66. The molecule has 0 radical (unpaired) electrons. The van der Waals surface area contributed by atoms with Crippen molar-refractivity contribution < 1.29 is 38.4 Å². The number of anilines is 1. The number of nitrogens with two attached hydrogens (primary N) is 2. The number of carboxylic acids is 1. The number of aromatic nitrogens is 2. The Morgan fingerprint density at radius 3 is 2.76 bits per heavy atom. The van der Waals surface area contributed by atoms with Gasteiger partial charge in [-0.25, -0.2) is 14.6 Å². The number of rotatable bonds is 9. The van der Waals surface area contributed by atoms with Crippen LogP contribution in [0.15, 0.2) is 27.3 Å². The molecule has 0 bridgehead atoms. The highest BCUT2D eigenvalue weighted by molar-refractivity contribution is 8.00. The van der Waals surface area contributed by atoms with E-state index in [0.717, 1.165) is 21.9 Å². The molecule has 3 amide bonds. The van der Waals surface area contributed by atoms with Crippen LogP contribution < -0.4 is 21.4 Å². The number of thioether (sulfide) groups is 1. The molecule has 2 aromatic heterocycles. The first-order chi connectivity index (χ1) is 17.6. The molecule has 2 aliphatic heterocycles. The number of amides is 3. The van der Waals surface area contributed by atoms with E-state index in [9.17, 15) is 24.3 Å². The third-order valence-electron chi connectivity index (χ3n) is 5.56. The Balaban J connectivity index is 1.51. The van der Waals surface area contributed by atoms with E-state index in [1.54, 1.807) is 5.51 Å². The van der Waals surface area contributed by atoms with E-state index >= 15 is 0 Å². The minimum atomic E-state index is -1.25. The average Bonchev–Trinajstić information content (AvgIpc) is 3.44. The zero-order valence-corrected chi connectivity index (χ0v) is 21.9. The molecule has 2 atom stereocenters. The van der Waals surface area contributed by atoms with Crippen LogP contribution in [0.25, 0.3) is 0 Å². The van der Waals surface area contributed by atoms with Crippen LogP contribution in [0.1, 0.15) is 16.3 Å². The summed E-state index contributed by atoms with van der Waals surface area (Å²) in [4.78, 5) is 59.7. The van der Waals surface area contributed by atoms with Crippen LogP contribution in [0.3, 0.4) is 0 Å². The summed E-state index contributed by atoms with van der Waals surface area (Å²) in [5, 5.41) is 17.4. The first-order valence-corrected chi connectivity index (χ1v) is 13.3. The topological polar surface area (TPSA) is 203 Å². The monoisotopic (exact) mass is 568 g/mol. The number of β-lactam (4-membered cyclic amide) rings is 1. The predicted octanol–water partition coefficient (Wildman–Crippen LogP) is -0.233. The van der Waals surface area contributed by atoms with Gasteiger partial charge in [0.1, 0.15) is 41.4 Å².